The zero-order valence-electron chi connectivity index (χ0n) is 16.2. The quantitative estimate of drug-likeness (QED) is 0.502. The Balaban J connectivity index is 1.54. The number of nitrogens with zero attached hydrogens (tertiary/aromatic N) is 2. The van der Waals surface area contributed by atoms with E-state index < -0.39 is 5.97 Å². The van der Waals surface area contributed by atoms with Crippen LogP contribution in [0.1, 0.15) is 5.89 Å². The number of aromatic nitrogens is 2. The van der Waals surface area contributed by atoms with E-state index in [1.165, 1.54) is 7.11 Å². The van der Waals surface area contributed by atoms with E-state index in [-0.39, 0.29) is 19.1 Å². The molecule has 0 radical (unpaired) electrons. The number of hydrogen-bond acceptors (Lipinski definition) is 9. The molecule has 1 heterocycles. The Bertz CT molecular complexity index is 954. The summed E-state index contributed by atoms with van der Waals surface area (Å²) in [6, 6.07) is 12.1. The van der Waals surface area contributed by atoms with Crippen molar-refractivity contribution >= 4 is 5.97 Å². The van der Waals surface area contributed by atoms with Crippen molar-refractivity contribution in [2.75, 3.05) is 27.9 Å². The van der Waals surface area contributed by atoms with Crippen molar-refractivity contribution in [2.45, 2.75) is 6.61 Å². The third-order valence-electron chi connectivity index (χ3n) is 3.89. The molecule has 0 bridgehead atoms. The molecule has 9 heteroatoms. The molecule has 0 unspecified atom stereocenters. The standard InChI is InChI=1S/C20H20N2O7/c1-24-13-4-6-14(7-5-13)27-12-19(23)28-11-18-21-20(22-29-18)16-9-8-15(25-2)10-17(16)26-3/h4-10H,11-12H2,1-3H3. The van der Waals surface area contributed by atoms with Crippen molar-refractivity contribution in [3.05, 3.63) is 48.4 Å². The largest absolute Gasteiger partial charge is 0.497 e. The summed E-state index contributed by atoms with van der Waals surface area (Å²) in [5, 5.41) is 3.90. The normalized spacial score (nSPS) is 10.3. The lowest BCUT2D eigenvalue weighted by Crippen LogP contribution is -2.14. The van der Waals surface area contributed by atoms with Crippen LogP contribution in [0.5, 0.6) is 23.0 Å². The number of carbonyl (C=O) groups excluding carboxylic acids is 1. The molecule has 0 N–H and O–H groups in total. The van der Waals surface area contributed by atoms with Crippen molar-refractivity contribution in [3.8, 4) is 34.4 Å². The van der Waals surface area contributed by atoms with E-state index in [0.29, 0.717) is 34.4 Å². The third-order valence-corrected chi connectivity index (χ3v) is 3.89. The summed E-state index contributed by atoms with van der Waals surface area (Å²) < 4.78 is 31.1. The van der Waals surface area contributed by atoms with E-state index in [0.717, 1.165) is 0 Å². The van der Waals surface area contributed by atoms with E-state index >= 15 is 0 Å². The molecule has 2 aromatic carbocycles. The number of hydrogen-bond donors (Lipinski definition) is 0. The lowest BCUT2D eigenvalue weighted by molar-refractivity contribution is -0.148. The fourth-order valence-corrected chi connectivity index (χ4v) is 2.40. The topological polar surface area (TPSA) is 102 Å². The number of rotatable bonds is 9. The van der Waals surface area contributed by atoms with E-state index in [4.69, 9.17) is 28.2 Å². The first-order chi connectivity index (χ1) is 14.1. The summed E-state index contributed by atoms with van der Waals surface area (Å²) in [6.07, 6.45) is 0. The van der Waals surface area contributed by atoms with Crippen LogP contribution >= 0.6 is 0 Å². The number of carbonyl (C=O) groups is 1. The Labute approximate surface area is 167 Å². The Kier molecular flexibility index (Phi) is 6.51. The molecule has 0 amide bonds. The first kappa shape index (κ1) is 20.0. The summed E-state index contributed by atoms with van der Waals surface area (Å²) in [7, 11) is 4.67. The van der Waals surface area contributed by atoms with E-state index in [9.17, 15) is 4.79 Å². The second-order valence-corrected chi connectivity index (χ2v) is 5.70. The monoisotopic (exact) mass is 400 g/mol. The number of benzene rings is 2. The average molecular weight is 400 g/mol. The van der Waals surface area contributed by atoms with Crippen LogP contribution in [-0.2, 0) is 16.1 Å². The van der Waals surface area contributed by atoms with Gasteiger partial charge in [-0.3, -0.25) is 0 Å². The lowest BCUT2D eigenvalue weighted by atomic mass is 10.2. The van der Waals surface area contributed by atoms with Gasteiger partial charge in [-0.2, -0.15) is 4.98 Å². The van der Waals surface area contributed by atoms with Gasteiger partial charge in [-0.1, -0.05) is 5.16 Å². The van der Waals surface area contributed by atoms with E-state index in [1.54, 1.807) is 56.7 Å². The van der Waals surface area contributed by atoms with Crippen LogP contribution in [0.25, 0.3) is 11.4 Å². The molecule has 0 saturated heterocycles. The second-order valence-electron chi connectivity index (χ2n) is 5.70. The molecule has 1 aromatic heterocycles. The molecule has 0 atom stereocenters. The number of methoxy groups -OCH3 is 3. The van der Waals surface area contributed by atoms with Crippen LogP contribution in [0.3, 0.4) is 0 Å². The van der Waals surface area contributed by atoms with Crippen molar-refractivity contribution < 1.29 is 33.0 Å². The second kappa shape index (κ2) is 9.45. The van der Waals surface area contributed by atoms with Gasteiger partial charge < -0.3 is 28.2 Å². The molecule has 29 heavy (non-hydrogen) atoms. The molecule has 9 nitrogen and oxygen atoms in total. The molecule has 0 aliphatic carbocycles. The van der Waals surface area contributed by atoms with Crippen LogP contribution in [0, 0.1) is 0 Å². The van der Waals surface area contributed by atoms with Gasteiger partial charge in [0.15, 0.2) is 13.2 Å². The predicted octanol–water partition coefficient (Wildman–Crippen LogP) is 2.88. The van der Waals surface area contributed by atoms with Crippen LogP contribution in [0.15, 0.2) is 47.0 Å². The summed E-state index contributed by atoms with van der Waals surface area (Å²) in [5.41, 5.74) is 0.623. The minimum Gasteiger partial charge on any atom is -0.497 e. The number of esters is 1. The molecule has 3 aromatic rings. The van der Waals surface area contributed by atoms with Gasteiger partial charge in [0.05, 0.1) is 26.9 Å². The molecule has 0 aliphatic heterocycles. The predicted molar refractivity (Wildman–Crippen MR) is 101 cm³/mol. The van der Waals surface area contributed by atoms with Gasteiger partial charge in [-0.25, -0.2) is 4.79 Å². The van der Waals surface area contributed by atoms with Gasteiger partial charge in [0, 0.05) is 6.07 Å². The lowest BCUT2D eigenvalue weighted by Gasteiger charge is -2.07. The Morgan fingerprint density at radius 2 is 1.62 bits per heavy atom. The van der Waals surface area contributed by atoms with Crippen LogP contribution in [0.2, 0.25) is 0 Å². The average Bonchev–Trinajstić information content (AvgIpc) is 3.25. The summed E-state index contributed by atoms with van der Waals surface area (Å²) in [6.45, 7) is -0.421. The Morgan fingerprint density at radius 1 is 0.931 bits per heavy atom. The van der Waals surface area contributed by atoms with Crippen LogP contribution in [-0.4, -0.2) is 44.0 Å². The minimum absolute atomic E-state index is 0.149. The molecule has 0 fully saturated rings. The zero-order valence-corrected chi connectivity index (χ0v) is 16.2. The smallest absolute Gasteiger partial charge is 0.344 e. The summed E-state index contributed by atoms with van der Waals surface area (Å²) in [5.74, 6) is 2.28. The molecule has 152 valence electrons. The molecular formula is C20H20N2O7. The fourth-order valence-electron chi connectivity index (χ4n) is 2.40. The van der Waals surface area contributed by atoms with Gasteiger partial charge >= 0.3 is 5.97 Å². The minimum atomic E-state index is -0.567. The van der Waals surface area contributed by atoms with Crippen molar-refractivity contribution in [1.82, 2.24) is 10.1 Å². The van der Waals surface area contributed by atoms with Crippen molar-refractivity contribution in [2.24, 2.45) is 0 Å². The highest BCUT2D eigenvalue weighted by Gasteiger charge is 2.15. The third kappa shape index (κ3) is 5.16. The van der Waals surface area contributed by atoms with Gasteiger partial charge in [0.1, 0.15) is 23.0 Å². The van der Waals surface area contributed by atoms with Crippen LogP contribution in [0.4, 0.5) is 0 Å². The molecule has 0 saturated carbocycles. The van der Waals surface area contributed by atoms with Gasteiger partial charge in [0.2, 0.25) is 5.82 Å². The molecule has 3 rings (SSSR count). The summed E-state index contributed by atoms with van der Waals surface area (Å²) >= 11 is 0. The highest BCUT2D eigenvalue weighted by atomic mass is 16.6. The van der Waals surface area contributed by atoms with Crippen LogP contribution < -0.4 is 18.9 Å². The van der Waals surface area contributed by atoms with E-state index in [2.05, 4.69) is 10.1 Å². The van der Waals surface area contributed by atoms with Gasteiger partial charge in [0.25, 0.3) is 5.89 Å². The maximum atomic E-state index is 11.9. The highest BCUT2D eigenvalue weighted by Crippen LogP contribution is 2.31. The van der Waals surface area contributed by atoms with E-state index in [1.807, 2.05) is 0 Å². The van der Waals surface area contributed by atoms with Crippen molar-refractivity contribution in [3.63, 3.8) is 0 Å². The molecule has 0 aliphatic rings. The highest BCUT2D eigenvalue weighted by molar-refractivity contribution is 5.71. The zero-order chi connectivity index (χ0) is 20.6. The van der Waals surface area contributed by atoms with Gasteiger partial charge in [-0.05, 0) is 36.4 Å². The first-order valence-electron chi connectivity index (χ1n) is 8.60. The number of ether oxygens (including phenoxy) is 5. The Hall–Kier alpha value is -3.75. The maximum absolute atomic E-state index is 11.9. The summed E-state index contributed by atoms with van der Waals surface area (Å²) in [4.78, 5) is 16.1. The maximum Gasteiger partial charge on any atom is 0.344 e. The van der Waals surface area contributed by atoms with Gasteiger partial charge in [-0.15, -0.1) is 0 Å². The molecule has 0 spiro atoms. The fraction of sp³-hybridized carbons (Fsp3) is 0.250. The first-order valence-corrected chi connectivity index (χ1v) is 8.60. The SMILES string of the molecule is COc1ccc(OCC(=O)OCc2nc(-c3ccc(OC)cc3OC)no2)cc1. The Morgan fingerprint density at radius 3 is 2.31 bits per heavy atom. The molecular weight excluding hydrogens is 380 g/mol. The van der Waals surface area contributed by atoms with Crippen molar-refractivity contribution in [1.29, 1.82) is 0 Å².